The molecule has 32 heavy (non-hydrogen) atoms. The molecule has 2 aliphatic rings. The average molecular weight is 465 g/mol. The van der Waals surface area contributed by atoms with Gasteiger partial charge in [0.15, 0.2) is 5.85 Å². The molecule has 2 aliphatic carbocycles. The summed E-state index contributed by atoms with van der Waals surface area (Å²) < 4.78 is 27.5. The Morgan fingerprint density at radius 2 is 1.25 bits per heavy atom. The highest BCUT2D eigenvalue weighted by Gasteiger charge is 2.46. The molecule has 0 heterocycles. The van der Waals surface area contributed by atoms with E-state index in [-0.39, 0.29) is 12.2 Å². The predicted molar refractivity (Wildman–Crippen MR) is 131 cm³/mol. The van der Waals surface area contributed by atoms with Gasteiger partial charge >= 0.3 is 7.60 Å². The highest BCUT2D eigenvalue weighted by molar-refractivity contribution is 7.54. The quantitative estimate of drug-likeness (QED) is 0.398. The first-order valence-corrected chi connectivity index (χ1v) is 14.4. The molecule has 0 aliphatic heterocycles. The first-order chi connectivity index (χ1) is 15.1. The predicted octanol–water partition coefficient (Wildman–Crippen LogP) is 7.83. The lowest BCUT2D eigenvalue weighted by Crippen LogP contribution is -2.37. The van der Waals surface area contributed by atoms with Gasteiger partial charge in [-0.1, -0.05) is 84.7 Å². The van der Waals surface area contributed by atoms with Gasteiger partial charge in [-0.05, 0) is 66.8 Å². The van der Waals surface area contributed by atoms with E-state index in [4.69, 9.17) is 9.05 Å². The lowest BCUT2D eigenvalue weighted by molar-refractivity contribution is -0.0153. The first kappa shape index (κ1) is 25.9. The fourth-order valence-corrected chi connectivity index (χ4v) is 7.85. The second-order valence-electron chi connectivity index (χ2n) is 11.3. The van der Waals surface area contributed by atoms with Gasteiger partial charge in [0, 0.05) is 0 Å². The van der Waals surface area contributed by atoms with Crippen molar-refractivity contribution in [3.63, 3.8) is 0 Å². The van der Waals surface area contributed by atoms with Crippen molar-refractivity contribution in [2.24, 2.45) is 35.5 Å². The highest BCUT2D eigenvalue weighted by atomic mass is 31.2. The third kappa shape index (κ3) is 6.26. The second kappa shape index (κ2) is 11.2. The van der Waals surface area contributed by atoms with Gasteiger partial charge in [-0.3, -0.25) is 4.57 Å². The van der Waals surface area contributed by atoms with E-state index in [2.05, 4.69) is 41.5 Å². The monoisotopic (exact) mass is 464 g/mol. The summed E-state index contributed by atoms with van der Waals surface area (Å²) in [6.45, 7) is 13.3. The molecule has 1 aromatic rings. The fraction of sp³-hybridized carbons (Fsp3) is 0.778. The Morgan fingerprint density at radius 1 is 0.812 bits per heavy atom. The molecule has 4 nitrogen and oxygen atoms in total. The standard InChI is InChI=1S/C27H45O4P/c1-18(2)23-14-12-20(5)16-25(23)30-32(29,27(28)22-10-8-7-9-11-22)31-26-17-21(6)13-15-24(26)19(3)4/h7-11,18-21,23-28H,12-17H2,1-6H3/t20-,21+,23-,24+,25-,26-,27+,32?/m1/s1. The van der Waals surface area contributed by atoms with Crippen LogP contribution in [0.1, 0.15) is 91.5 Å². The van der Waals surface area contributed by atoms with E-state index in [1.807, 2.05) is 30.3 Å². The Bertz CT molecular complexity index is 711. The molecule has 5 heteroatoms. The minimum absolute atomic E-state index is 0.151. The third-order valence-electron chi connectivity index (χ3n) is 7.88. The molecule has 0 spiro atoms. The van der Waals surface area contributed by atoms with Crippen molar-refractivity contribution in [3.8, 4) is 0 Å². The summed E-state index contributed by atoms with van der Waals surface area (Å²) in [4.78, 5) is 0. The third-order valence-corrected chi connectivity index (χ3v) is 9.91. The normalized spacial score (nSPS) is 34.4. The van der Waals surface area contributed by atoms with Crippen molar-refractivity contribution in [1.82, 2.24) is 0 Å². The zero-order chi connectivity index (χ0) is 23.5. The van der Waals surface area contributed by atoms with Crippen molar-refractivity contribution >= 4 is 7.60 Å². The topological polar surface area (TPSA) is 55.8 Å². The van der Waals surface area contributed by atoms with Crippen LogP contribution in [0.5, 0.6) is 0 Å². The highest BCUT2D eigenvalue weighted by Crippen LogP contribution is 2.64. The number of hydrogen-bond donors (Lipinski definition) is 1. The van der Waals surface area contributed by atoms with Crippen LogP contribution in [-0.2, 0) is 13.6 Å². The van der Waals surface area contributed by atoms with Gasteiger partial charge in [-0.25, -0.2) is 0 Å². The minimum atomic E-state index is -3.82. The number of aliphatic hydroxyl groups is 1. The van der Waals surface area contributed by atoms with Crippen LogP contribution in [0.25, 0.3) is 0 Å². The molecular weight excluding hydrogens is 419 g/mol. The zero-order valence-corrected chi connectivity index (χ0v) is 21.8. The summed E-state index contributed by atoms with van der Waals surface area (Å²) in [6.07, 6.45) is 5.91. The van der Waals surface area contributed by atoms with Gasteiger partial charge in [0.2, 0.25) is 0 Å². The van der Waals surface area contributed by atoms with Crippen LogP contribution in [0, 0.1) is 35.5 Å². The van der Waals surface area contributed by atoms with Crippen LogP contribution in [0.2, 0.25) is 0 Å². The molecular formula is C27H45O4P. The van der Waals surface area contributed by atoms with Crippen LogP contribution in [0.3, 0.4) is 0 Å². The lowest BCUT2D eigenvalue weighted by Gasteiger charge is -2.42. The maximum Gasteiger partial charge on any atom is 0.363 e. The zero-order valence-electron chi connectivity index (χ0n) is 20.9. The smallest absolute Gasteiger partial charge is 0.363 e. The van der Waals surface area contributed by atoms with E-state index in [0.717, 1.165) is 25.7 Å². The van der Waals surface area contributed by atoms with Crippen LogP contribution >= 0.6 is 7.60 Å². The molecule has 0 amide bonds. The molecule has 1 unspecified atom stereocenters. The second-order valence-corrected chi connectivity index (χ2v) is 13.3. The van der Waals surface area contributed by atoms with E-state index >= 15 is 0 Å². The Hall–Kier alpha value is -0.670. The van der Waals surface area contributed by atoms with Crippen LogP contribution in [0.4, 0.5) is 0 Å². The van der Waals surface area contributed by atoms with E-state index in [9.17, 15) is 9.67 Å². The molecule has 182 valence electrons. The van der Waals surface area contributed by atoms with E-state index in [0.29, 0.717) is 41.1 Å². The molecule has 8 atom stereocenters. The minimum Gasteiger partial charge on any atom is -0.376 e. The number of benzene rings is 1. The fourth-order valence-electron chi connectivity index (χ4n) is 5.80. The van der Waals surface area contributed by atoms with Crippen molar-refractivity contribution in [3.05, 3.63) is 35.9 Å². The maximum atomic E-state index is 14.5. The number of aliphatic hydroxyl groups excluding tert-OH is 1. The van der Waals surface area contributed by atoms with Crippen molar-refractivity contribution in [1.29, 1.82) is 0 Å². The molecule has 1 N–H and O–H groups in total. The molecule has 3 rings (SSSR count). The van der Waals surface area contributed by atoms with E-state index < -0.39 is 13.4 Å². The number of hydrogen-bond acceptors (Lipinski definition) is 4. The van der Waals surface area contributed by atoms with Crippen LogP contribution in [-0.4, -0.2) is 17.3 Å². The van der Waals surface area contributed by atoms with Gasteiger partial charge in [-0.2, -0.15) is 0 Å². The van der Waals surface area contributed by atoms with Crippen molar-refractivity contribution in [2.75, 3.05) is 0 Å². The molecule has 2 saturated carbocycles. The Balaban J connectivity index is 1.92. The number of rotatable bonds is 8. The van der Waals surface area contributed by atoms with E-state index in [1.165, 1.54) is 12.8 Å². The molecule has 2 fully saturated rings. The Morgan fingerprint density at radius 3 is 1.66 bits per heavy atom. The molecule has 0 bridgehead atoms. The summed E-state index contributed by atoms with van der Waals surface area (Å²) in [5.74, 6) is 1.32. The summed E-state index contributed by atoms with van der Waals surface area (Å²) >= 11 is 0. The molecule has 0 radical (unpaired) electrons. The van der Waals surface area contributed by atoms with Gasteiger partial charge in [-0.15, -0.1) is 0 Å². The first-order valence-electron chi connectivity index (χ1n) is 12.8. The largest absolute Gasteiger partial charge is 0.376 e. The van der Waals surface area contributed by atoms with Gasteiger partial charge in [0.05, 0.1) is 12.2 Å². The van der Waals surface area contributed by atoms with Crippen LogP contribution in [0.15, 0.2) is 30.3 Å². The van der Waals surface area contributed by atoms with E-state index in [1.54, 1.807) is 0 Å². The maximum absolute atomic E-state index is 14.5. The van der Waals surface area contributed by atoms with Gasteiger partial charge in [0.1, 0.15) is 0 Å². The lowest BCUT2D eigenvalue weighted by atomic mass is 9.75. The molecule has 0 aromatic heterocycles. The van der Waals surface area contributed by atoms with Gasteiger partial charge in [0.25, 0.3) is 0 Å². The summed E-state index contributed by atoms with van der Waals surface area (Å²) in [6, 6.07) is 9.26. The summed E-state index contributed by atoms with van der Waals surface area (Å²) in [5.41, 5.74) is 0.603. The molecule has 1 aromatic carbocycles. The Labute approximate surface area is 196 Å². The molecule has 0 saturated heterocycles. The average Bonchev–Trinajstić information content (AvgIpc) is 2.73. The SMILES string of the molecule is CC(C)[C@H]1CC[C@@H](C)C[C@H]1OP(=O)(O[C@@H]1C[C@@H](C)CC[C@H]1C(C)C)[C@H](O)c1ccccc1. The van der Waals surface area contributed by atoms with Gasteiger partial charge < -0.3 is 14.2 Å². The van der Waals surface area contributed by atoms with Crippen molar-refractivity contribution in [2.45, 2.75) is 98.1 Å². The summed E-state index contributed by atoms with van der Waals surface area (Å²) in [5, 5.41) is 11.4. The van der Waals surface area contributed by atoms with Crippen molar-refractivity contribution < 1.29 is 18.7 Å². The van der Waals surface area contributed by atoms with Crippen LogP contribution < -0.4 is 0 Å². The summed E-state index contributed by atoms with van der Waals surface area (Å²) in [7, 11) is -3.82. The Kier molecular flexibility index (Phi) is 9.06.